The third kappa shape index (κ3) is 4.93. The second kappa shape index (κ2) is 8.64. The molecule has 0 aliphatic heterocycles. The highest BCUT2D eigenvalue weighted by atomic mass is 79.9. The van der Waals surface area contributed by atoms with Gasteiger partial charge in [0.1, 0.15) is 19.1 Å². The zero-order valence-corrected chi connectivity index (χ0v) is 15.8. The van der Waals surface area contributed by atoms with Crippen molar-refractivity contribution in [2.24, 2.45) is 0 Å². The molecule has 0 fully saturated rings. The SMILES string of the molecule is COCn1cc(NC(=O)c2cccc(COc3ccc(Br)cc3)c2)cn1. The van der Waals surface area contributed by atoms with Crippen LogP contribution in [0.15, 0.2) is 65.4 Å². The Labute approximate surface area is 159 Å². The van der Waals surface area contributed by atoms with E-state index in [1.54, 1.807) is 30.3 Å². The van der Waals surface area contributed by atoms with E-state index >= 15 is 0 Å². The maximum atomic E-state index is 12.4. The number of hydrogen-bond acceptors (Lipinski definition) is 4. The number of carbonyl (C=O) groups is 1. The predicted molar refractivity (Wildman–Crippen MR) is 102 cm³/mol. The average Bonchev–Trinajstić information content (AvgIpc) is 3.09. The van der Waals surface area contributed by atoms with Crippen molar-refractivity contribution in [2.75, 3.05) is 12.4 Å². The number of anilines is 1. The van der Waals surface area contributed by atoms with Crippen LogP contribution in [0.1, 0.15) is 15.9 Å². The van der Waals surface area contributed by atoms with E-state index in [9.17, 15) is 4.79 Å². The minimum Gasteiger partial charge on any atom is -0.489 e. The van der Waals surface area contributed by atoms with Gasteiger partial charge in [0.05, 0.1) is 18.1 Å². The van der Waals surface area contributed by atoms with E-state index in [0.717, 1.165) is 15.8 Å². The summed E-state index contributed by atoms with van der Waals surface area (Å²) in [4.78, 5) is 12.4. The number of ether oxygens (including phenoxy) is 2. The fourth-order valence-corrected chi connectivity index (χ4v) is 2.60. The number of rotatable bonds is 7. The van der Waals surface area contributed by atoms with Gasteiger partial charge in [-0.05, 0) is 42.0 Å². The van der Waals surface area contributed by atoms with E-state index < -0.39 is 0 Å². The van der Waals surface area contributed by atoms with Crippen LogP contribution in [-0.4, -0.2) is 22.8 Å². The number of benzene rings is 2. The average molecular weight is 416 g/mol. The summed E-state index contributed by atoms with van der Waals surface area (Å²) in [5, 5.41) is 6.91. The smallest absolute Gasteiger partial charge is 0.255 e. The lowest BCUT2D eigenvalue weighted by molar-refractivity contribution is 0.102. The van der Waals surface area contributed by atoms with Crippen LogP contribution in [-0.2, 0) is 18.1 Å². The molecule has 0 radical (unpaired) electrons. The molecule has 6 nitrogen and oxygen atoms in total. The van der Waals surface area contributed by atoms with Gasteiger partial charge >= 0.3 is 0 Å². The number of hydrogen-bond donors (Lipinski definition) is 1. The van der Waals surface area contributed by atoms with Gasteiger partial charge in [-0.3, -0.25) is 4.79 Å². The molecule has 134 valence electrons. The summed E-state index contributed by atoms with van der Waals surface area (Å²) in [6.07, 6.45) is 3.29. The lowest BCUT2D eigenvalue weighted by atomic mass is 10.1. The normalized spacial score (nSPS) is 10.5. The molecule has 2 aromatic carbocycles. The van der Waals surface area contributed by atoms with Crippen molar-refractivity contribution in [2.45, 2.75) is 13.3 Å². The van der Waals surface area contributed by atoms with Crippen molar-refractivity contribution in [3.05, 3.63) is 76.5 Å². The summed E-state index contributed by atoms with van der Waals surface area (Å²) in [5.41, 5.74) is 2.08. The summed E-state index contributed by atoms with van der Waals surface area (Å²) in [5.74, 6) is 0.570. The molecule has 0 spiro atoms. The Bertz CT molecular complexity index is 878. The van der Waals surface area contributed by atoms with Crippen molar-refractivity contribution in [3.8, 4) is 5.75 Å². The van der Waals surface area contributed by atoms with Gasteiger partial charge in [0.25, 0.3) is 5.91 Å². The highest BCUT2D eigenvalue weighted by Gasteiger charge is 2.09. The molecule has 1 aromatic heterocycles. The summed E-state index contributed by atoms with van der Waals surface area (Å²) < 4.78 is 13.3. The zero-order chi connectivity index (χ0) is 18.4. The van der Waals surface area contributed by atoms with Crippen LogP contribution in [0, 0.1) is 0 Å². The topological polar surface area (TPSA) is 65.4 Å². The van der Waals surface area contributed by atoms with Crippen LogP contribution in [0.25, 0.3) is 0 Å². The number of nitrogens with one attached hydrogen (secondary N) is 1. The molecular weight excluding hydrogens is 398 g/mol. The van der Waals surface area contributed by atoms with Gasteiger partial charge in [0.2, 0.25) is 0 Å². The first-order chi connectivity index (χ1) is 12.6. The Morgan fingerprint density at radius 2 is 2.04 bits per heavy atom. The van der Waals surface area contributed by atoms with Gasteiger partial charge in [-0.15, -0.1) is 0 Å². The largest absolute Gasteiger partial charge is 0.489 e. The molecule has 3 rings (SSSR count). The minimum absolute atomic E-state index is 0.201. The van der Waals surface area contributed by atoms with Crippen LogP contribution in [0.5, 0.6) is 5.75 Å². The number of carbonyl (C=O) groups excluding carboxylic acids is 1. The molecule has 0 aliphatic rings. The Morgan fingerprint density at radius 1 is 1.23 bits per heavy atom. The molecule has 0 aliphatic carbocycles. The van der Waals surface area contributed by atoms with Gasteiger partial charge in [-0.1, -0.05) is 28.1 Å². The van der Waals surface area contributed by atoms with E-state index in [1.807, 2.05) is 42.5 Å². The first-order valence-electron chi connectivity index (χ1n) is 7.94. The van der Waals surface area contributed by atoms with E-state index in [2.05, 4.69) is 26.3 Å². The van der Waals surface area contributed by atoms with Crippen molar-refractivity contribution < 1.29 is 14.3 Å². The number of amides is 1. The highest BCUT2D eigenvalue weighted by molar-refractivity contribution is 9.10. The first kappa shape index (κ1) is 18.2. The molecule has 0 atom stereocenters. The number of aromatic nitrogens is 2. The molecule has 1 amide bonds. The Morgan fingerprint density at radius 3 is 2.81 bits per heavy atom. The van der Waals surface area contributed by atoms with E-state index in [1.165, 1.54) is 0 Å². The van der Waals surface area contributed by atoms with Crippen molar-refractivity contribution in [1.82, 2.24) is 9.78 Å². The molecule has 1 N–H and O–H groups in total. The van der Waals surface area contributed by atoms with Crippen molar-refractivity contribution in [3.63, 3.8) is 0 Å². The number of halogens is 1. The van der Waals surface area contributed by atoms with Gasteiger partial charge < -0.3 is 14.8 Å². The molecule has 0 saturated carbocycles. The van der Waals surface area contributed by atoms with Gasteiger partial charge in [-0.25, -0.2) is 4.68 Å². The Hall–Kier alpha value is -2.64. The van der Waals surface area contributed by atoms with Crippen molar-refractivity contribution in [1.29, 1.82) is 0 Å². The molecule has 0 saturated heterocycles. The lowest BCUT2D eigenvalue weighted by Crippen LogP contribution is -2.12. The van der Waals surface area contributed by atoms with Crippen molar-refractivity contribution >= 4 is 27.5 Å². The summed E-state index contributed by atoms with van der Waals surface area (Å²) in [7, 11) is 1.59. The van der Waals surface area contributed by atoms with Gasteiger partial charge in [0, 0.05) is 17.1 Å². The summed E-state index contributed by atoms with van der Waals surface area (Å²) in [6, 6.07) is 14.9. The van der Waals surface area contributed by atoms with Crippen LogP contribution in [0.3, 0.4) is 0 Å². The molecular formula is C19H18BrN3O3. The van der Waals surface area contributed by atoms with Crippen LogP contribution in [0.4, 0.5) is 5.69 Å². The quantitative estimate of drug-likeness (QED) is 0.631. The maximum Gasteiger partial charge on any atom is 0.255 e. The van der Waals surface area contributed by atoms with Gasteiger partial charge in [-0.2, -0.15) is 5.10 Å². The molecule has 26 heavy (non-hydrogen) atoms. The fraction of sp³-hybridized carbons (Fsp3) is 0.158. The van der Waals surface area contributed by atoms with E-state index in [0.29, 0.717) is 24.6 Å². The third-order valence-corrected chi connectivity index (χ3v) is 4.09. The Kier molecular flexibility index (Phi) is 6.04. The molecule has 7 heteroatoms. The first-order valence-corrected chi connectivity index (χ1v) is 8.73. The zero-order valence-electron chi connectivity index (χ0n) is 14.2. The monoisotopic (exact) mass is 415 g/mol. The van der Waals surface area contributed by atoms with Crippen LogP contribution >= 0.6 is 15.9 Å². The standard InChI is InChI=1S/C19H18BrN3O3/c1-25-13-23-11-17(10-21-23)22-19(24)15-4-2-3-14(9-15)12-26-18-7-5-16(20)6-8-18/h2-11H,12-13H2,1H3,(H,22,24). The molecule has 1 heterocycles. The maximum absolute atomic E-state index is 12.4. The lowest BCUT2D eigenvalue weighted by Gasteiger charge is -2.08. The van der Waals surface area contributed by atoms with E-state index in [4.69, 9.17) is 9.47 Å². The Balaban J connectivity index is 1.62. The second-order valence-electron chi connectivity index (χ2n) is 5.58. The molecule has 3 aromatic rings. The highest BCUT2D eigenvalue weighted by Crippen LogP contribution is 2.18. The third-order valence-electron chi connectivity index (χ3n) is 3.56. The number of nitrogens with zero attached hydrogens (tertiary/aromatic N) is 2. The van der Waals surface area contributed by atoms with Gasteiger partial charge in [0.15, 0.2) is 0 Å². The number of methoxy groups -OCH3 is 1. The van der Waals surface area contributed by atoms with Crippen LogP contribution in [0.2, 0.25) is 0 Å². The molecule has 0 bridgehead atoms. The fourth-order valence-electron chi connectivity index (χ4n) is 2.33. The summed E-state index contributed by atoms with van der Waals surface area (Å²) >= 11 is 3.39. The molecule has 0 unspecified atom stereocenters. The van der Waals surface area contributed by atoms with E-state index in [-0.39, 0.29) is 5.91 Å². The second-order valence-corrected chi connectivity index (χ2v) is 6.50. The predicted octanol–water partition coefficient (Wildman–Crippen LogP) is 4.08. The van der Waals surface area contributed by atoms with Crippen LogP contribution < -0.4 is 10.1 Å². The summed E-state index contributed by atoms with van der Waals surface area (Å²) in [6.45, 7) is 0.716. The minimum atomic E-state index is -0.201.